The van der Waals surface area contributed by atoms with Gasteiger partial charge in [-0.15, -0.1) is 0 Å². The highest BCUT2D eigenvalue weighted by atomic mass is 16.5. The fourth-order valence-electron chi connectivity index (χ4n) is 1.50. The van der Waals surface area contributed by atoms with Crippen LogP contribution in [0, 0.1) is 0 Å². The molecule has 1 unspecified atom stereocenters. The van der Waals surface area contributed by atoms with Crippen LogP contribution in [-0.4, -0.2) is 12.6 Å². The topological polar surface area (TPSA) is 47.3 Å². The lowest BCUT2D eigenvalue weighted by molar-refractivity contribution is 0.202. The number of rotatable bonds is 1. The molecule has 0 spiro atoms. The van der Waals surface area contributed by atoms with Crippen molar-refractivity contribution in [2.45, 2.75) is 19.4 Å². The minimum Gasteiger partial charge on any atom is -0.486 e. The minimum absolute atomic E-state index is 0.272. The Balaban J connectivity index is 2.31. The van der Waals surface area contributed by atoms with Crippen molar-refractivity contribution < 1.29 is 4.74 Å². The summed E-state index contributed by atoms with van der Waals surface area (Å²) in [6.07, 6.45) is 1.29. The monoisotopic (exact) mass is 178 g/mol. The van der Waals surface area contributed by atoms with Crippen molar-refractivity contribution >= 4 is 11.4 Å². The highest BCUT2D eigenvalue weighted by Crippen LogP contribution is 2.34. The maximum Gasteiger partial charge on any atom is 0.145 e. The van der Waals surface area contributed by atoms with Crippen LogP contribution in [0.3, 0.4) is 0 Å². The molecule has 0 aromatic heterocycles. The highest BCUT2D eigenvalue weighted by Gasteiger charge is 2.18. The Morgan fingerprint density at radius 1 is 1.62 bits per heavy atom. The van der Waals surface area contributed by atoms with E-state index in [4.69, 9.17) is 10.5 Å². The van der Waals surface area contributed by atoms with Crippen LogP contribution in [0.5, 0.6) is 5.75 Å². The van der Waals surface area contributed by atoms with E-state index in [1.807, 2.05) is 18.2 Å². The predicted octanol–water partition coefficient (Wildman–Crippen LogP) is 1.85. The molecule has 1 atom stereocenters. The second-order valence-electron chi connectivity index (χ2n) is 3.25. The number of benzene rings is 1. The molecule has 3 heteroatoms. The molecule has 3 N–H and O–H groups in total. The zero-order chi connectivity index (χ0) is 9.26. The molecule has 0 aliphatic carbocycles. The van der Waals surface area contributed by atoms with Gasteiger partial charge in [0, 0.05) is 0 Å². The fraction of sp³-hybridized carbons (Fsp3) is 0.400. The van der Waals surface area contributed by atoms with Crippen LogP contribution in [0.1, 0.15) is 13.3 Å². The summed E-state index contributed by atoms with van der Waals surface area (Å²) in [5.74, 6) is 0.873. The van der Waals surface area contributed by atoms with Crippen LogP contribution in [0.15, 0.2) is 18.2 Å². The number of nitrogens with one attached hydrogen (secondary N) is 1. The Morgan fingerprint density at radius 3 is 3.23 bits per heavy atom. The number of fused-ring (bicyclic) bond motifs is 1. The zero-order valence-corrected chi connectivity index (χ0v) is 7.71. The van der Waals surface area contributed by atoms with Crippen LogP contribution >= 0.6 is 0 Å². The summed E-state index contributed by atoms with van der Waals surface area (Å²) in [4.78, 5) is 0. The molecule has 1 aromatic rings. The van der Waals surface area contributed by atoms with Gasteiger partial charge in [-0.3, -0.25) is 0 Å². The SMILES string of the molecule is CCC1CNc2c(N)cccc2O1. The lowest BCUT2D eigenvalue weighted by Crippen LogP contribution is -2.30. The summed E-state index contributed by atoms with van der Waals surface area (Å²) in [6, 6.07) is 5.73. The second kappa shape index (κ2) is 3.17. The Kier molecular flexibility index (Phi) is 2.00. The average molecular weight is 178 g/mol. The summed E-state index contributed by atoms with van der Waals surface area (Å²) < 4.78 is 5.72. The molecule has 0 amide bonds. The minimum atomic E-state index is 0.272. The fourth-order valence-corrected chi connectivity index (χ4v) is 1.50. The largest absolute Gasteiger partial charge is 0.486 e. The molecule has 1 heterocycles. The van der Waals surface area contributed by atoms with E-state index >= 15 is 0 Å². The van der Waals surface area contributed by atoms with Gasteiger partial charge in [0.15, 0.2) is 0 Å². The van der Waals surface area contributed by atoms with E-state index in [0.717, 1.165) is 30.1 Å². The Morgan fingerprint density at radius 2 is 2.46 bits per heavy atom. The van der Waals surface area contributed by atoms with Crippen molar-refractivity contribution in [3.63, 3.8) is 0 Å². The molecule has 3 nitrogen and oxygen atoms in total. The zero-order valence-electron chi connectivity index (χ0n) is 7.71. The quantitative estimate of drug-likeness (QED) is 0.645. The molecule has 0 bridgehead atoms. The lowest BCUT2D eigenvalue weighted by atomic mass is 10.2. The Labute approximate surface area is 77.9 Å². The van der Waals surface area contributed by atoms with E-state index in [0.29, 0.717) is 0 Å². The molecule has 13 heavy (non-hydrogen) atoms. The molecule has 70 valence electrons. The van der Waals surface area contributed by atoms with Gasteiger partial charge < -0.3 is 15.8 Å². The smallest absolute Gasteiger partial charge is 0.145 e. The number of nitrogen functional groups attached to an aromatic ring is 1. The molecule has 0 saturated carbocycles. The summed E-state index contributed by atoms with van der Waals surface area (Å²) in [6.45, 7) is 2.96. The number of hydrogen-bond donors (Lipinski definition) is 2. The van der Waals surface area contributed by atoms with Gasteiger partial charge in [-0.05, 0) is 18.6 Å². The normalized spacial score (nSPS) is 19.9. The van der Waals surface area contributed by atoms with E-state index in [2.05, 4.69) is 12.2 Å². The molecule has 2 rings (SSSR count). The third kappa shape index (κ3) is 1.41. The Hall–Kier alpha value is -1.38. The first-order valence-electron chi connectivity index (χ1n) is 4.60. The summed E-state index contributed by atoms with van der Waals surface area (Å²) >= 11 is 0. The van der Waals surface area contributed by atoms with Gasteiger partial charge in [-0.2, -0.15) is 0 Å². The van der Waals surface area contributed by atoms with Crippen LogP contribution in [0.2, 0.25) is 0 Å². The van der Waals surface area contributed by atoms with E-state index < -0.39 is 0 Å². The third-order valence-corrected chi connectivity index (χ3v) is 2.31. The number of nitrogens with two attached hydrogens (primary N) is 1. The van der Waals surface area contributed by atoms with Crippen molar-refractivity contribution in [3.8, 4) is 5.75 Å². The van der Waals surface area contributed by atoms with Crippen molar-refractivity contribution in [1.82, 2.24) is 0 Å². The first-order chi connectivity index (χ1) is 6.31. The molecule has 0 fully saturated rings. The van der Waals surface area contributed by atoms with Gasteiger partial charge in [0.1, 0.15) is 17.5 Å². The maximum atomic E-state index is 5.79. The van der Waals surface area contributed by atoms with Gasteiger partial charge in [-0.25, -0.2) is 0 Å². The van der Waals surface area contributed by atoms with E-state index in [1.165, 1.54) is 0 Å². The Bertz CT molecular complexity index is 312. The molecule has 1 aromatic carbocycles. The molecule has 1 aliphatic heterocycles. The number of para-hydroxylation sites is 1. The number of hydrogen-bond acceptors (Lipinski definition) is 3. The van der Waals surface area contributed by atoms with E-state index in [-0.39, 0.29) is 6.10 Å². The second-order valence-corrected chi connectivity index (χ2v) is 3.25. The molecular weight excluding hydrogens is 164 g/mol. The van der Waals surface area contributed by atoms with Gasteiger partial charge in [0.25, 0.3) is 0 Å². The van der Waals surface area contributed by atoms with Crippen LogP contribution in [0.4, 0.5) is 11.4 Å². The molecule has 0 saturated heterocycles. The first kappa shape index (κ1) is 8.23. The molecule has 1 aliphatic rings. The van der Waals surface area contributed by atoms with Gasteiger partial charge in [0.05, 0.1) is 12.2 Å². The summed E-state index contributed by atoms with van der Waals surface area (Å²) in [7, 11) is 0. The number of ether oxygens (including phenoxy) is 1. The van der Waals surface area contributed by atoms with Crippen LogP contribution in [0.25, 0.3) is 0 Å². The first-order valence-corrected chi connectivity index (χ1v) is 4.60. The van der Waals surface area contributed by atoms with Crippen molar-refractivity contribution in [2.75, 3.05) is 17.6 Å². The van der Waals surface area contributed by atoms with Gasteiger partial charge in [-0.1, -0.05) is 13.0 Å². The summed E-state index contributed by atoms with van der Waals surface area (Å²) in [5.41, 5.74) is 7.48. The summed E-state index contributed by atoms with van der Waals surface area (Å²) in [5, 5.41) is 3.28. The van der Waals surface area contributed by atoms with Crippen LogP contribution in [-0.2, 0) is 0 Å². The van der Waals surface area contributed by atoms with Crippen molar-refractivity contribution in [3.05, 3.63) is 18.2 Å². The predicted molar refractivity (Wildman–Crippen MR) is 54.1 cm³/mol. The molecular formula is C10H14N2O. The standard InChI is InChI=1S/C10H14N2O/c1-2-7-6-12-10-8(11)4-3-5-9(10)13-7/h3-5,7,12H,2,6,11H2,1H3. The van der Waals surface area contributed by atoms with Crippen molar-refractivity contribution in [2.24, 2.45) is 0 Å². The van der Waals surface area contributed by atoms with Crippen LogP contribution < -0.4 is 15.8 Å². The highest BCUT2D eigenvalue weighted by molar-refractivity contribution is 5.74. The van der Waals surface area contributed by atoms with Crippen molar-refractivity contribution in [1.29, 1.82) is 0 Å². The average Bonchev–Trinajstić information content (AvgIpc) is 2.18. The maximum absolute atomic E-state index is 5.79. The molecule has 0 radical (unpaired) electrons. The van der Waals surface area contributed by atoms with E-state index in [9.17, 15) is 0 Å². The van der Waals surface area contributed by atoms with E-state index in [1.54, 1.807) is 0 Å². The number of anilines is 2. The third-order valence-electron chi connectivity index (χ3n) is 2.31. The lowest BCUT2D eigenvalue weighted by Gasteiger charge is -2.27. The van der Waals surface area contributed by atoms with Gasteiger partial charge >= 0.3 is 0 Å². The van der Waals surface area contributed by atoms with Gasteiger partial charge in [0.2, 0.25) is 0 Å².